The van der Waals surface area contributed by atoms with Crippen LogP contribution in [0.2, 0.25) is 0 Å². The van der Waals surface area contributed by atoms with E-state index in [1.807, 2.05) is 6.92 Å². The van der Waals surface area contributed by atoms with E-state index in [1.54, 1.807) is 31.2 Å². The highest BCUT2D eigenvalue weighted by molar-refractivity contribution is 7.99. The number of aromatic nitrogens is 3. The van der Waals surface area contributed by atoms with Crippen LogP contribution in [0.1, 0.15) is 12.5 Å². The fourth-order valence-corrected chi connectivity index (χ4v) is 4.09. The molecule has 1 aromatic carbocycles. The number of nitrogens with one attached hydrogen (secondary N) is 2. The summed E-state index contributed by atoms with van der Waals surface area (Å²) in [6, 6.07) is 6.58. The van der Waals surface area contributed by atoms with Crippen molar-refractivity contribution in [1.82, 2.24) is 24.8 Å². The summed E-state index contributed by atoms with van der Waals surface area (Å²) in [4.78, 5) is 16.2. The highest BCUT2D eigenvalue weighted by Crippen LogP contribution is 2.16. The number of H-pyrrole nitrogens is 1. The topological polar surface area (TPSA) is 108 Å². The van der Waals surface area contributed by atoms with E-state index in [0.717, 1.165) is 9.87 Å². The first-order valence-electron chi connectivity index (χ1n) is 7.75. The van der Waals surface area contributed by atoms with Gasteiger partial charge in [-0.2, -0.15) is 9.40 Å². The number of nitrogens with zero attached hydrogens (tertiary/aromatic N) is 3. The lowest BCUT2D eigenvalue weighted by Gasteiger charge is -2.20. The Morgan fingerprint density at radius 1 is 1.32 bits per heavy atom. The lowest BCUT2D eigenvalue weighted by atomic mass is 10.2. The number of thioether (sulfide) groups is 1. The second-order valence-electron chi connectivity index (χ2n) is 5.23. The molecule has 8 nitrogen and oxygen atoms in total. The molecule has 1 amide bonds. The predicted molar refractivity (Wildman–Crippen MR) is 95.7 cm³/mol. The lowest BCUT2D eigenvalue weighted by molar-refractivity contribution is -0.121. The average Bonchev–Trinajstić information content (AvgIpc) is 3.10. The second kappa shape index (κ2) is 8.97. The number of likely N-dealkylation sites (N-methyl/N-ethyl adjacent to an activating group) is 1. The summed E-state index contributed by atoms with van der Waals surface area (Å²) in [7, 11) is -3.68. The predicted octanol–water partition coefficient (Wildman–Crippen LogP) is 1.03. The summed E-state index contributed by atoms with van der Waals surface area (Å²) in [6.07, 6.45) is 1.41. The van der Waals surface area contributed by atoms with Gasteiger partial charge in [0.05, 0.1) is 11.4 Å². The SMILES string of the molecule is CCN(CC(=O)NCCSc1ncn[nH]1)S(=O)(=O)c1ccc(C)cc1. The van der Waals surface area contributed by atoms with E-state index in [2.05, 4.69) is 20.5 Å². The van der Waals surface area contributed by atoms with Crippen molar-refractivity contribution in [2.75, 3.05) is 25.4 Å². The van der Waals surface area contributed by atoms with E-state index in [1.165, 1.54) is 18.1 Å². The van der Waals surface area contributed by atoms with Crippen LogP contribution in [0.5, 0.6) is 0 Å². The highest BCUT2D eigenvalue weighted by atomic mass is 32.2. The molecular weight excluding hydrogens is 362 g/mol. The minimum absolute atomic E-state index is 0.189. The molecule has 10 heteroatoms. The third kappa shape index (κ3) is 5.55. The van der Waals surface area contributed by atoms with E-state index in [0.29, 0.717) is 17.5 Å². The van der Waals surface area contributed by atoms with Crippen LogP contribution >= 0.6 is 11.8 Å². The van der Waals surface area contributed by atoms with Crippen molar-refractivity contribution in [3.05, 3.63) is 36.2 Å². The maximum atomic E-state index is 12.6. The monoisotopic (exact) mass is 383 g/mol. The zero-order chi connectivity index (χ0) is 18.3. The smallest absolute Gasteiger partial charge is 0.243 e. The van der Waals surface area contributed by atoms with E-state index in [-0.39, 0.29) is 23.9 Å². The van der Waals surface area contributed by atoms with Gasteiger partial charge in [-0.3, -0.25) is 9.89 Å². The van der Waals surface area contributed by atoms with Gasteiger partial charge >= 0.3 is 0 Å². The van der Waals surface area contributed by atoms with Crippen LogP contribution in [0.4, 0.5) is 0 Å². The Labute approximate surface area is 151 Å². The van der Waals surface area contributed by atoms with Crippen molar-refractivity contribution in [3.63, 3.8) is 0 Å². The quantitative estimate of drug-likeness (QED) is 0.495. The number of aromatic amines is 1. The van der Waals surface area contributed by atoms with Crippen molar-refractivity contribution in [1.29, 1.82) is 0 Å². The van der Waals surface area contributed by atoms with Gasteiger partial charge in [-0.05, 0) is 19.1 Å². The van der Waals surface area contributed by atoms with Crippen molar-refractivity contribution < 1.29 is 13.2 Å². The first-order valence-corrected chi connectivity index (χ1v) is 10.2. The standard InChI is InChI=1S/C15H21N5O3S2/c1-3-20(25(22,23)13-6-4-12(2)5-7-13)10-14(21)16-8-9-24-15-17-11-18-19-15/h4-7,11H,3,8-10H2,1-2H3,(H,16,21)(H,17,18,19). The van der Waals surface area contributed by atoms with Crippen molar-refractivity contribution in [2.24, 2.45) is 0 Å². The van der Waals surface area contributed by atoms with E-state index < -0.39 is 10.0 Å². The molecule has 0 bridgehead atoms. The number of rotatable bonds is 9. The van der Waals surface area contributed by atoms with Gasteiger partial charge in [0, 0.05) is 18.8 Å². The second-order valence-corrected chi connectivity index (χ2v) is 8.25. The van der Waals surface area contributed by atoms with E-state index in [4.69, 9.17) is 0 Å². The van der Waals surface area contributed by atoms with E-state index >= 15 is 0 Å². The van der Waals surface area contributed by atoms with E-state index in [9.17, 15) is 13.2 Å². The van der Waals surface area contributed by atoms with Gasteiger partial charge in [0.1, 0.15) is 6.33 Å². The molecule has 0 spiro atoms. The van der Waals surface area contributed by atoms with Crippen LogP contribution in [0.25, 0.3) is 0 Å². The number of amides is 1. The van der Waals surface area contributed by atoms with Crippen LogP contribution in [-0.4, -0.2) is 59.2 Å². The highest BCUT2D eigenvalue weighted by Gasteiger charge is 2.24. The number of benzene rings is 1. The zero-order valence-electron chi connectivity index (χ0n) is 14.1. The lowest BCUT2D eigenvalue weighted by Crippen LogP contribution is -2.41. The molecule has 0 aliphatic rings. The fraction of sp³-hybridized carbons (Fsp3) is 0.400. The maximum absolute atomic E-state index is 12.6. The van der Waals surface area contributed by atoms with Gasteiger partial charge < -0.3 is 5.32 Å². The molecule has 0 radical (unpaired) electrons. The van der Waals surface area contributed by atoms with Crippen molar-refractivity contribution in [3.8, 4) is 0 Å². The first kappa shape index (κ1) is 19.4. The number of carbonyl (C=O) groups is 1. The molecule has 0 saturated heterocycles. The Hall–Kier alpha value is -1.91. The van der Waals surface area contributed by atoms with Gasteiger partial charge in [0.2, 0.25) is 15.9 Å². The molecule has 0 saturated carbocycles. The molecule has 2 N–H and O–H groups in total. The van der Waals surface area contributed by atoms with Crippen molar-refractivity contribution in [2.45, 2.75) is 23.9 Å². The molecule has 2 rings (SSSR count). The minimum Gasteiger partial charge on any atom is -0.354 e. The molecule has 0 unspecified atom stereocenters. The Kier molecular flexibility index (Phi) is 6.97. The summed E-state index contributed by atoms with van der Waals surface area (Å²) in [6.45, 7) is 4.01. The van der Waals surface area contributed by atoms with Gasteiger partial charge in [0.15, 0.2) is 5.16 Å². The van der Waals surface area contributed by atoms with Crippen LogP contribution in [0.15, 0.2) is 40.6 Å². The molecule has 1 heterocycles. The first-order chi connectivity index (χ1) is 11.9. The summed E-state index contributed by atoms with van der Waals surface area (Å²) in [5.74, 6) is 0.272. The minimum atomic E-state index is -3.68. The summed E-state index contributed by atoms with van der Waals surface area (Å²) >= 11 is 1.42. The summed E-state index contributed by atoms with van der Waals surface area (Å²) < 4.78 is 26.4. The Bertz CT molecular complexity index is 776. The zero-order valence-corrected chi connectivity index (χ0v) is 15.7. The third-order valence-corrected chi connectivity index (χ3v) is 6.20. The fourth-order valence-electron chi connectivity index (χ4n) is 2.04. The largest absolute Gasteiger partial charge is 0.354 e. The molecule has 0 aliphatic heterocycles. The van der Waals surface area contributed by atoms with Crippen LogP contribution in [-0.2, 0) is 14.8 Å². The average molecular weight is 383 g/mol. The number of carbonyl (C=O) groups excluding carboxylic acids is 1. The molecule has 1 aromatic heterocycles. The number of hydrogen-bond donors (Lipinski definition) is 2. The van der Waals surface area contributed by atoms with Gasteiger partial charge in [0.25, 0.3) is 0 Å². The van der Waals surface area contributed by atoms with Gasteiger partial charge in [-0.25, -0.2) is 13.4 Å². The van der Waals surface area contributed by atoms with Crippen molar-refractivity contribution >= 4 is 27.7 Å². The number of aryl methyl sites for hydroxylation is 1. The molecular formula is C15H21N5O3S2. The van der Waals surface area contributed by atoms with Crippen LogP contribution in [0, 0.1) is 6.92 Å². The summed E-state index contributed by atoms with van der Waals surface area (Å²) in [5, 5.41) is 9.83. The Morgan fingerprint density at radius 3 is 2.64 bits per heavy atom. The molecule has 25 heavy (non-hydrogen) atoms. The Balaban J connectivity index is 1.87. The van der Waals surface area contributed by atoms with Crippen LogP contribution in [0.3, 0.4) is 0 Å². The third-order valence-electron chi connectivity index (χ3n) is 3.39. The molecule has 0 atom stereocenters. The number of hydrogen-bond acceptors (Lipinski definition) is 6. The summed E-state index contributed by atoms with van der Waals surface area (Å²) in [5.41, 5.74) is 0.976. The number of sulfonamides is 1. The van der Waals surface area contributed by atoms with Gasteiger partial charge in [-0.1, -0.05) is 36.4 Å². The van der Waals surface area contributed by atoms with Gasteiger partial charge in [-0.15, -0.1) is 0 Å². The van der Waals surface area contributed by atoms with Crippen LogP contribution < -0.4 is 5.32 Å². The molecule has 0 fully saturated rings. The Morgan fingerprint density at radius 2 is 2.04 bits per heavy atom. The molecule has 136 valence electrons. The normalized spacial score (nSPS) is 11.6. The molecule has 2 aromatic rings. The maximum Gasteiger partial charge on any atom is 0.243 e. The molecule has 0 aliphatic carbocycles.